The van der Waals surface area contributed by atoms with Gasteiger partial charge in [-0.1, -0.05) is 28.9 Å². The highest BCUT2D eigenvalue weighted by atomic mass is 79.9. The molecule has 1 heterocycles. The Balaban J connectivity index is 2.04. The quantitative estimate of drug-likeness (QED) is 0.932. The van der Waals surface area contributed by atoms with Crippen LogP contribution in [-0.2, 0) is 11.2 Å². The summed E-state index contributed by atoms with van der Waals surface area (Å²) in [5, 5.41) is 0. The lowest BCUT2D eigenvalue weighted by Crippen LogP contribution is -2.39. The van der Waals surface area contributed by atoms with E-state index in [2.05, 4.69) is 22.9 Å². The molecule has 4 heteroatoms. The first kappa shape index (κ1) is 13.0. The summed E-state index contributed by atoms with van der Waals surface area (Å²) in [7, 11) is 0. The molecule has 1 aromatic rings. The van der Waals surface area contributed by atoms with E-state index >= 15 is 0 Å². The van der Waals surface area contributed by atoms with Gasteiger partial charge in [-0.2, -0.15) is 0 Å². The Hall–Kier alpha value is -0.450. The Labute approximate surface area is 109 Å². The van der Waals surface area contributed by atoms with Gasteiger partial charge in [-0.15, -0.1) is 0 Å². The third kappa shape index (κ3) is 3.06. The molecule has 0 aliphatic carbocycles. The average Bonchev–Trinajstić information content (AvgIpc) is 2.68. The second-order valence-electron chi connectivity index (χ2n) is 4.71. The summed E-state index contributed by atoms with van der Waals surface area (Å²) in [6.07, 6.45) is 1.62. The van der Waals surface area contributed by atoms with E-state index in [0.717, 1.165) is 17.5 Å². The highest BCUT2D eigenvalue weighted by molar-refractivity contribution is 9.10. The Morgan fingerprint density at radius 2 is 2.35 bits per heavy atom. The van der Waals surface area contributed by atoms with Gasteiger partial charge >= 0.3 is 0 Å². The molecule has 0 radical (unpaired) electrons. The van der Waals surface area contributed by atoms with Gasteiger partial charge in [-0.3, -0.25) is 0 Å². The van der Waals surface area contributed by atoms with Gasteiger partial charge in [-0.05, 0) is 36.5 Å². The van der Waals surface area contributed by atoms with Crippen molar-refractivity contribution in [2.75, 3.05) is 6.61 Å². The monoisotopic (exact) mass is 301 g/mol. The standard InChI is InChI=1S/C13H17BrFNO/c1-8-4-5-17-13(8)12(16)6-9-2-3-10(14)7-11(9)15/h2-3,7-8,12-13H,4-6,16H2,1H3. The molecule has 1 aromatic carbocycles. The maximum Gasteiger partial charge on any atom is 0.127 e. The minimum atomic E-state index is -0.208. The molecule has 94 valence electrons. The first-order valence-corrected chi connectivity index (χ1v) is 6.68. The summed E-state index contributed by atoms with van der Waals surface area (Å²) in [6, 6.07) is 4.95. The van der Waals surface area contributed by atoms with Crippen molar-refractivity contribution in [2.24, 2.45) is 11.7 Å². The molecular formula is C13H17BrFNO. The Morgan fingerprint density at radius 1 is 1.59 bits per heavy atom. The lowest BCUT2D eigenvalue weighted by Gasteiger charge is -2.22. The molecule has 1 aliphatic heterocycles. The van der Waals surface area contributed by atoms with E-state index in [4.69, 9.17) is 10.5 Å². The van der Waals surface area contributed by atoms with Gasteiger partial charge in [-0.25, -0.2) is 4.39 Å². The predicted octanol–water partition coefficient (Wildman–Crippen LogP) is 2.88. The van der Waals surface area contributed by atoms with Crippen LogP contribution in [0, 0.1) is 11.7 Å². The van der Waals surface area contributed by atoms with Crippen LogP contribution in [0.4, 0.5) is 4.39 Å². The third-order valence-electron chi connectivity index (χ3n) is 3.34. The predicted molar refractivity (Wildman–Crippen MR) is 69.3 cm³/mol. The summed E-state index contributed by atoms with van der Waals surface area (Å²) in [5.41, 5.74) is 6.76. The number of benzene rings is 1. The Bertz CT molecular complexity index is 399. The number of rotatable bonds is 3. The van der Waals surface area contributed by atoms with Crippen molar-refractivity contribution in [1.82, 2.24) is 0 Å². The molecule has 2 N–H and O–H groups in total. The van der Waals surface area contributed by atoms with Crippen molar-refractivity contribution in [3.05, 3.63) is 34.1 Å². The van der Waals surface area contributed by atoms with Crippen LogP contribution in [0.5, 0.6) is 0 Å². The maximum absolute atomic E-state index is 13.7. The summed E-state index contributed by atoms with van der Waals surface area (Å²) in [4.78, 5) is 0. The number of nitrogens with two attached hydrogens (primary N) is 1. The van der Waals surface area contributed by atoms with Crippen LogP contribution in [0.1, 0.15) is 18.9 Å². The largest absolute Gasteiger partial charge is 0.376 e. The van der Waals surface area contributed by atoms with Gasteiger partial charge in [0, 0.05) is 17.1 Å². The van der Waals surface area contributed by atoms with Crippen LogP contribution in [0.3, 0.4) is 0 Å². The average molecular weight is 302 g/mol. The Morgan fingerprint density at radius 3 is 2.94 bits per heavy atom. The summed E-state index contributed by atoms with van der Waals surface area (Å²) < 4.78 is 20.0. The lowest BCUT2D eigenvalue weighted by atomic mass is 9.93. The maximum atomic E-state index is 13.7. The zero-order valence-electron chi connectivity index (χ0n) is 9.83. The molecule has 3 unspecified atom stereocenters. The lowest BCUT2D eigenvalue weighted by molar-refractivity contribution is 0.0724. The third-order valence-corrected chi connectivity index (χ3v) is 3.83. The van der Waals surface area contributed by atoms with Crippen molar-refractivity contribution >= 4 is 15.9 Å². The molecule has 0 saturated carbocycles. The molecule has 1 aliphatic rings. The molecule has 17 heavy (non-hydrogen) atoms. The van der Waals surface area contributed by atoms with Gasteiger partial charge in [0.05, 0.1) is 6.10 Å². The highest BCUT2D eigenvalue weighted by Crippen LogP contribution is 2.24. The molecular weight excluding hydrogens is 285 g/mol. The number of halogens is 2. The molecule has 0 bridgehead atoms. The van der Waals surface area contributed by atoms with E-state index < -0.39 is 0 Å². The topological polar surface area (TPSA) is 35.2 Å². The molecule has 1 fully saturated rings. The molecule has 3 atom stereocenters. The number of hydrogen-bond acceptors (Lipinski definition) is 2. The van der Waals surface area contributed by atoms with E-state index in [1.807, 2.05) is 6.07 Å². The van der Waals surface area contributed by atoms with Crippen LogP contribution in [-0.4, -0.2) is 18.8 Å². The van der Waals surface area contributed by atoms with E-state index in [1.54, 1.807) is 6.07 Å². The number of ether oxygens (including phenoxy) is 1. The second kappa shape index (κ2) is 5.46. The van der Waals surface area contributed by atoms with Gasteiger partial charge in [0.15, 0.2) is 0 Å². The smallest absolute Gasteiger partial charge is 0.127 e. The van der Waals surface area contributed by atoms with Crippen LogP contribution in [0.25, 0.3) is 0 Å². The van der Waals surface area contributed by atoms with Crippen molar-refractivity contribution in [3.8, 4) is 0 Å². The molecule has 2 nitrogen and oxygen atoms in total. The van der Waals surface area contributed by atoms with Gasteiger partial charge < -0.3 is 10.5 Å². The fraction of sp³-hybridized carbons (Fsp3) is 0.538. The van der Waals surface area contributed by atoms with Crippen molar-refractivity contribution in [3.63, 3.8) is 0 Å². The SMILES string of the molecule is CC1CCOC1C(N)Cc1ccc(Br)cc1F. The van der Waals surface area contributed by atoms with Crippen LogP contribution >= 0.6 is 15.9 Å². The molecule has 2 rings (SSSR count). The zero-order chi connectivity index (χ0) is 12.4. The molecule has 1 saturated heterocycles. The fourth-order valence-corrected chi connectivity index (χ4v) is 2.65. The van der Waals surface area contributed by atoms with Crippen molar-refractivity contribution < 1.29 is 9.13 Å². The van der Waals surface area contributed by atoms with Gasteiger partial charge in [0.25, 0.3) is 0 Å². The summed E-state index contributed by atoms with van der Waals surface area (Å²) in [5.74, 6) is 0.254. The first-order valence-electron chi connectivity index (χ1n) is 5.89. The van der Waals surface area contributed by atoms with Gasteiger partial charge in [0.1, 0.15) is 5.82 Å². The minimum absolute atomic E-state index is 0.0537. The zero-order valence-corrected chi connectivity index (χ0v) is 11.4. The van der Waals surface area contributed by atoms with E-state index in [-0.39, 0.29) is 18.0 Å². The van der Waals surface area contributed by atoms with Crippen molar-refractivity contribution in [1.29, 1.82) is 0 Å². The van der Waals surface area contributed by atoms with Crippen LogP contribution in [0.15, 0.2) is 22.7 Å². The molecule has 0 amide bonds. The van der Waals surface area contributed by atoms with Crippen LogP contribution in [0.2, 0.25) is 0 Å². The first-order chi connectivity index (χ1) is 8.08. The van der Waals surface area contributed by atoms with Gasteiger partial charge in [0.2, 0.25) is 0 Å². The Kier molecular flexibility index (Phi) is 4.17. The highest BCUT2D eigenvalue weighted by Gasteiger charge is 2.30. The normalized spacial score (nSPS) is 26.1. The fourth-order valence-electron chi connectivity index (χ4n) is 2.32. The minimum Gasteiger partial charge on any atom is -0.376 e. The summed E-state index contributed by atoms with van der Waals surface area (Å²) >= 11 is 3.24. The van der Waals surface area contributed by atoms with E-state index in [9.17, 15) is 4.39 Å². The number of hydrogen-bond donors (Lipinski definition) is 1. The van der Waals surface area contributed by atoms with Crippen LogP contribution < -0.4 is 5.73 Å². The summed E-state index contributed by atoms with van der Waals surface area (Å²) in [6.45, 7) is 2.90. The molecule has 0 aromatic heterocycles. The van der Waals surface area contributed by atoms with Crippen molar-refractivity contribution in [2.45, 2.75) is 31.9 Å². The van der Waals surface area contributed by atoms with E-state index in [0.29, 0.717) is 17.9 Å². The molecule has 0 spiro atoms. The van der Waals surface area contributed by atoms with E-state index in [1.165, 1.54) is 6.07 Å². The second-order valence-corrected chi connectivity index (χ2v) is 5.62.